The van der Waals surface area contributed by atoms with E-state index in [9.17, 15) is 8.42 Å². The summed E-state index contributed by atoms with van der Waals surface area (Å²) in [6.45, 7) is 2.61. The number of nitrogens with zero attached hydrogens (tertiary/aromatic N) is 1. The van der Waals surface area contributed by atoms with Gasteiger partial charge in [0, 0.05) is 17.1 Å². The Morgan fingerprint density at radius 2 is 1.95 bits per heavy atom. The van der Waals surface area contributed by atoms with Gasteiger partial charge in [-0.15, -0.1) is 0 Å². The molecule has 1 aromatic carbocycles. The van der Waals surface area contributed by atoms with Crippen molar-refractivity contribution in [3.05, 3.63) is 28.2 Å². The smallest absolute Gasteiger partial charge is 0.207 e. The van der Waals surface area contributed by atoms with E-state index in [1.165, 1.54) is 12.8 Å². The van der Waals surface area contributed by atoms with Crippen molar-refractivity contribution in [1.82, 2.24) is 4.31 Å². The summed E-state index contributed by atoms with van der Waals surface area (Å²) in [6.07, 6.45) is 5.66. The number of aryl methyl sites for hydroxylation is 1. The van der Waals surface area contributed by atoms with Crippen LogP contribution in [0.1, 0.15) is 37.7 Å². The third-order valence-electron chi connectivity index (χ3n) is 4.70. The molecule has 1 saturated carbocycles. The maximum Gasteiger partial charge on any atom is 0.243 e. The van der Waals surface area contributed by atoms with Crippen LogP contribution in [0.5, 0.6) is 0 Å². The van der Waals surface area contributed by atoms with Crippen LogP contribution >= 0.6 is 15.9 Å². The number of fused-ring (bicyclic) bond motifs is 1. The van der Waals surface area contributed by atoms with Crippen LogP contribution in [0.15, 0.2) is 27.6 Å². The summed E-state index contributed by atoms with van der Waals surface area (Å²) in [4.78, 5) is 0.435. The Kier molecular flexibility index (Phi) is 3.95. The average molecular weight is 358 g/mol. The van der Waals surface area contributed by atoms with Crippen LogP contribution in [-0.2, 0) is 10.0 Å². The van der Waals surface area contributed by atoms with Crippen LogP contribution in [0.4, 0.5) is 0 Å². The van der Waals surface area contributed by atoms with Crippen molar-refractivity contribution in [3.63, 3.8) is 0 Å². The predicted molar refractivity (Wildman–Crippen MR) is 83.1 cm³/mol. The highest BCUT2D eigenvalue weighted by atomic mass is 79.9. The standard InChI is InChI=1S/C15H20BrNO2S/c1-11-10-13(6-7-14(11)16)20(18,19)17-9-8-12-4-2-3-5-15(12)17/h6-7,10,12,15H,2-5,8-9H2,1H3. The molecule has 0 amide bonds. The molecule has 1 heterocycles. The third kappa shape index (κ3) is 2.44. The van der Waals surface area contributed by atoms with Crippen LogP contribution in [0.2, 0.25) is 0 Å². The zero-order valence-electron chi connectivity index (χ0n) is 11.7. The van der Waals surface area contributed by atoms with Gasteiger partial charge in [-0.2, -0.15) is 4.31 Å². The largest absolute Gasteiger partial charge is 0.243 e. The fourth-order valence-electron chi connectivity index (χ4n) is 3.57. The van der Waals surface area contributed by atoms with Crippen molar-refractivity contribution in [2.24, 2.45) is 5.92 Å². The lowest BCUT2D eigenvalue weighted by Gasteiger charge is -2.31. The lowest BCUT2D eigenvalue weighted by atomic mass is 9.86. The van der Waals surface area contributed by atoms with E-state index >= 15 is 0 Å². The summed E-state index contributed by atoms with van der Waals surface area (Å²) in [7, 11) is -3.34. The van der Waals surface area contributed by atoms with Crippen LogP contribution in [0.25, 0.3) is 0 Å². The summed E-state index contributed by atoms with van der Waals surface area (Å²) in [5, 5.41) is 0. The Morgan fingerprint density at radius 3 is 2.70 bits per heavy atom. The first-order valence-corrected chi connectivity index (χ1v) is 9.51. The molecule has 1 aliphatic heterocycles. The van der Waals surface area contributed by atoms with Crippen molar-refractivity contribution in [1.29, 1.82) is 0 Å². The zero-order chi connectivity index (χ0) is 14.3. The van der Waals surface area contributed by atoms with Gasteiger partial charge in [-0.05, 0) is 55.9 Å². The van der Waals surface area contributed by atoms with E-state index in [0.717, 1.165) is 29.3 Å². The lowest BCUT2D eigenvalue weighted by Crippen LogP contribution is -2.39. The first-order chi connectivity index (χ1) is 9.50. The Balaban J connectivity index is 1.93. The molecule has 2 fully saturated rings. The molecular weight excluding hydrogens is 338 g/mol. The van der Waals surface area contributed by atoms with E-state index in [-0.39, 0.29) is 6.04 Å². The molecule has 3 nitrogen and oxygen atoms in total. The second-order valence-corrected chi connectivity index (χ2v) is 8.67. The molecule has 2 atom stereocenters. The zero-order valence-corrected chi connectivity index (χ0v) is 14.1. The fourth-order valence-corrected chi connectivity index (χ4v) is 5.64. The summed E-state index contributed by atoms with van der Waals surface area (Å²) >= 11 is 3.43. The van der Waals surface area contributed by atoms with Gasteiger partial charge in [-0.1, -0.05) is 28.8 Å². The Bertz CT molecular complexity index is 614. The normalized spacial score (nSPS) is 27.5. The van der Waals surface area contributed by atoms with E-state index in [1.54, 1.807) is 16.4 Å². The fraction of sp³-hybridized carbons (Fsp3) is 0.600. The van der Waals surface area contributed by atoms with Gasteiger partial charge in [0.2, 0.25) is 10.0 Å². The van der Waals surface area contributed by atoms with Gasteiger partial charge in [0.1, 0.15) is 0 Å². The molecule has 1 aliphatic carbocycles. The van der Waals surface area contributed by atoms with E-state index in [1.807, 2.05) is 13.0 Å². The van der Waals surface area contributed by atoms with Gasteiger partial charge < -0.3 is 0 Å². The Morgan fingerprint density at radius 1 is 1.20 bits per heavy atom. The number of hydrogen-bond donors (Lipinski definition) is 0. The molecule has 20 heavy (non-hydrogen) atoms. The minimum Gasteiger partial charge on any atom is -0.207 e. The second kappa shape index (κ2) is 5.43. The van der Waals surface area contributed by atoms with Crippen LogP contribution < -0.4 is 0 Å². The minimum absolute atomic E-state index is 0.234. The average Bonchev–Trinajstić information content (AvgIpc) is 2.86. The third-order valence-corrected chi connectivity index (χ3v) is 7.51. The maximum atomic E-state index is 12.9. The first kappa shape index (κ1) is 14.5. The number of rotatable bonds is 2. The Labute approximate surface area is 129 Å². The molecule has 2 unspecified atom stereocenters. The highest BCUT2D eigenvalue weighted by Gasteiger charge is 2.42. The number of halogens is 1. The van der Waals surface area contributed by atoms with Crippen molar-refractivity contribution in [2.45, 2.75) is 50.0 Å². The lowest BCUT2D eigenvalue weighted by molar-refractivity contribution is 0.260. The quantitative estimate of drug-likeness (QED) is 0.808. The second-order valence-electron chi connectivity index (χ2n) is 5.93. The van der Waals surface area contributed by atoms with E-state index in [2.05, 4.69) is 15.9 Å². The number of sulfonamides is 1. The molecule has 0 N–H and O–H groups in total. The van der Waals surface area contributed by atoms with Gasteiger partial charge >= 0.3 is 0 Å². The molecule has 0 aromatic heterocycles. The molecule has 0 radical (unpaired) electrons. The highest BCUT2D eigenvalue weighted by Crippen LogP contribution is 2.39. The number of hydrogen-bond acceptors (Lipinski definition) is 2. The predicted octanol–water partition coefficient (Wildman–Crippen LogP) is 3.71. The van der Waals surface area contributed by atoms with Gasteiger partial charge in [0.05, 0.1) is 4.90 Å². The van der Waals surface area contributed by atoms with Crippen molar-refractivity contribution >= 4 is 26.0 Å². The summed E-state index contributed by atoms with van der Waals surface area (Å²) in [6, 6.07) is 5.55. The minimum atomic E-state index is -3.34. The molecule has 2 aliphatic rings. The van der Waals surface area contributed by atoms with Gasteiger partial charge in [0.25, 0.3) is 0 Å². The highest BCUT2D eigenvalue weighted by molar-refractivity contribution is 9.10. The van der Waals surface area contributed by atoms with E-state index in [0.29, 0.717) is 17.4 Å². The molecular formula is C15H20BrNO2S. The van der Waals surface area contributed by atoms with Crippen molar-refractivity contribution in [3.8, 4) is 0 Å². The Hall–Kier alpha value is -0.390. The monoisotopic (exact) mass is 357 g/mol. The summed E-state index contributed by atoms with van der Waals surface area (Å²) in [5.41, 5.74) is 0.963. The van der Waals surface area contributed by atoms with Crippen LogP contribution in [-0.4, -0.2) is 25.3 Å². The van der Waals surface area contributed by atoms with Gasteiger partial charge in [0.15, 0.2) is 0 Å². The van der Waals surface area contributed by atoms with Crippen molar-refractivity contribution < 1.29 is 8.42 Å². The van der Waals surface area contributed by atoms with Crippen LogP contribution in [0.3, 0.4) is 0 Å². The molecule has 1 aromatic rings. The molecule has 0 spiro atoms. The molecule has 110 valence electrons. The van der Waals surface area contributed by atoms with Crippen molar-refractivity contribution in [2.75, 3.05) is 6.54 Å². The molecule has 5 heteroatoms. The summed E-state index contributed by atoms with van der Waals surface area (Å²) in [5.74, 6) is 0.579. The van der Waals surface area contributed by atoms with Gasteiger partial charge in [-0.3, -0.25) is 0 Å². The van der Waals surface area contributed by atoms with E-state index in [4.69, 9.17) is 0 Å². The first-order valence-electron chi connectivity index (χ1n) is 7.28. The maximum absolute atomic E-state index is 12.9. The summed E-state index contributed by atoms with van der Waals surface area (Å²) < 4.78 is 28.4. The van der Waals surface area contributed by atoms with Gasteiger partial charge in [-0.25, -0.2) is 8.42 Å². The molecule has 0 bridgehead atoms. The molecule has 1 saturated heterocycles. The molecule has 3 rings (SSSR count). The number of benzene rings is 1. The topological polar surface area (TPSA) is 37.4 Å². The SMILES string of the molecule is Cc1cc(S(=O)(=O)N2CCC3CCCCC32)ccc1Br. The van der Waals surface area contributed by atoms with E-state index < -0.39 is 10.0 Å². The van der Waals surface area contributed by atoms with Crippen LogP contribution in [0, 0.1) is 12.8 Å².